The average Bonchev–Trinajstić information content (AvgIpc) is 2.25. The Bertz CT molecular complexity index is 309. The van der Waals surface area contributed by atoms with E-state index in [1.807, 2.05) is 0 Å². The minimum atomic E-state index is 0.464. The van der Waals surface area contributed by atoms with Crippen molar-refractivity contribution in [1.82, 2.24) is 5.32 Å². The highest BCUT2D eigenvalue weighted by molar-refractivity contribution is 5.32. The predicted octanol–water partition coefficient (Wildman–Crippen LogP) is 3.46. The Morgan fingerprint density at radius 3 is 2.29 bits per heavy atom. The van der Waals surface area contributed by atoms with Crippen molar-refractivity contribution in [3.05, 3.63) is 29.3 Å². The van der Waals surface area contributed by atoms with Crippen molar-refractivity contribution >= 4 is 0 Å². The summed E-state index contributed by atoms with van der Waals surface area (Å²) in [5.41, 5.74) is 2.52. The topological polar surface area (TPSA) is 21.3 Å². The van der Waals surface area contributed by atoms with Gasteiger partial charge in [0.1, 0.15) is 12.4 Å². The molecule has 0 aromatic heterocycles. The van der Waals surface area contributed by atoms with Crippen LogP contribution in [0, 0.1) is 13.8 Å². The fourth-order valence-corrected chi connectivity index (χ4v) is 2.09. The van der Waals surface area contributed by atoms with Crippen molar-refractivity contribution in [2.24, 2.45) is 0 Å². The molecule has 0 bridgehead atoms. The normalized spacial score (nSPS) is 12.5. The second kappa shape index (κ2) is 7.33. The summed E-state index contributed by atoms with van der Waals surface area (Å²) in [5, 5.41) is 3.46. The summed E-state index contributed by atoms with van der Waals surface area (Å²) in [6.07, 6.45) is 2.35. The summed E-state index contributed by atoms with van der Waals surface area (Å²) in [6.45, 7) is 10.3. The van der Waals surface area contributed by atoms with Crippen LogP contribution in [-0.4, -0.2) is 19.2 Å². The Hall–Kier alpha value is -1.02. The van der Waals surface area contributed by atoms with E-state index in [-0.39, 0.29) is 0 Å². The molecule has 0 radical (unpaired) electrons. The van der Waals surface area contributed by atoms with E-state index < -0.39 is 0 Å². The van der Waals surface area contributed by atoms with Gasteiger partial charge in [0.25, 0.3) is 0 Å². The van der Waals surface area contributed by atoms with E-state index in [0.717, 1.165) is 18.9 Å². The number of benzene rings is 1. The molecule has 1 aromatic carbocycles. The average molecular weight is 235 g/mol. The molecular weight excluding hydrogens is 210 g/mol. The Labute approximate surface area is 105 Å². The molecule has 0 aliphatic rings. The van der Waals surface area contributed by atoms with Crippen LogP contribution in [0.2, 0.25) is 0 Å². The quantitative estimate of drug-likeness (QED) is 0.781. The zero-order valence-electron chi connectivity index (χ0n) is 11.5. The van der Waals surface area contributed by atoms with Gasteiger partial charge in [-0.05, 0) is 50.1 Å². The SMILES string of the molecule is CCCC(COc1cc(C)cc(C)c1)NCC. The third kappa shape index (κ3) is 5.22. The molecule has 0 amide bonds. The van der Waals surface area contributed by atoms with Crippen molar-refractivity contribution in [3.8, 4) is 5.75 Å². The zero-order valence-corrected chi connectivity index (χ0v) is 11.5. The molecule has 1 unspecified atom stereocenters. The first-order valence-electron chi connectivity index (χ1n) is 6.60. The number of ether oxygens (including phenoxy) is 1. The molecule has 0 fully saturated rings. The number of hydrogen-bond donors (Lipinski definition) is 1. The number of nitrogens with one attached hydrogen (secondary N) is 1. The maximum atomic E-state index is 5.87. The van der Waals surface area contributed by atoms with Crippen LogP contribution in [0.3, 0.4) is 0 Å². The molecule has 96 valence electrons. The van der Waals surface area contributed by atoms with E-state index in [2.05, 4.69) is 51.2 Å². The molecular formula is C15H25NO. The fourth-order valence-electron chi connectivity index (χ4n) is 2.09. The minimum absolute atomic E-state index is 0.464. The number of aryl methyl sites for hydroxylation is 2. The first kappa shape index (κ1) is 14.0. The minimum Gasteiger partial charge on any atom is -0.492 e. The molecule has 2 nitrogen and oxygen atoms in total. The van der Waals surface area contributed by atoms with Gasteiger partial charge in [-0.25, -0.2) is 0 Å². The lowest BCUT2D eigenvalue weighted by Crippen LogP contribution is -2.34. The number of likely N-dealkylation sites (N-methyl/N-ethyl adjacent to an activating group) is 1. The zero-order chi connectivity index (χ0) is 12.7. The van der Waals surface area contributed by atoms with Crippen LogP contribution in [0.15, 0.2) is 18.2 Å². The maximum absolute atomic E-state index is 5.87. The van der Waals surface area contributed by atoms with E-state index in [0.29, 0.717) is 6.04 Å². The summed E-state index contributed by atoms with van der Waals surface area (Å²) < 4.78 is 5.87. The van der Waals surface area contributed by atoms with Crippen LogP contribution < -0.4 is 10.1 Å². The van der Waals surface area contributed by atoms with Gasteiger partial charge in [0, 0.05) is 6.04 Å². The maximum Gasteiger partial charge on any atom is 0.119 e. The van der Waals surface area contributed by atoms with E-state index >= 15 is 0 Å². The third-order valence-corrected chi connectivity index (χ3v) is 2.78. The van der Waals surface area contributed by atoms with Gasteiger partial charge in [-0.2, -0.15) is 0 Å². The van der Waals surface area contributed by atoms with Crippen molar-refractivity contribution in [2.75, 3.05) is 13.2 Å². The lowest BCUT2D eigenvalue weighted by molar-refractivity contribution is 0.257. The van der Waals surface area contributed by atoms with Gasteiger partial charge in [-0.15, -0.1) is 0 Å². The van der Waals surface area contributed by atoms with Gasteiger partial charge in [0.2, 0.25) is 0 Å². The largest absolute Gasteiger partial charge is 0.492 e. The number of rotatable bonds is 7. The molecule has 1 N–H and O–H groups in total. The summed E-state index contributed by atoms with van der Waals surface area (Å²) in [5.74, 6) is 0.988. The molecule has 0 saturated carbocycles. The molecule has 17 heavy (non-hydrogen) atoms. The molecule has 2 heteroatoms. The molecule has 0 spiro atoms. The smallest absolute Gasteiger partial charge is 0.119 e. The van der Waals surface area contributed by atoms with Crippen LogP contribution in [0.4, 0.5) is 0 Å². The van der Waals surface area contributed by atoms with Crippen LogP contribution in [0.1, 0.15) is 37.8 Å². The molecule has 1 atom stereocenters. The molecule has 0 aliphatic heterocycles. The van der Waals surface area contributed by atoms with Crippen molar-refractivity contribution < 1.29 is 4.74 Å². The van der Waals surface area contributed by atoms with Crippen LogP contribution in [0.5, 0.6) is 5.75 Å². The summed E-state index contributed by atoms with van der Waals surface area (Å²) >= 11 is 0. The van der Waals surface area contributed by atoms with Crippen molar-refractivity contribution in [1.29, 1.82) is 0 Å². The summed E-state index contributed by atoms with van der Waals surface area (Å²) in [6, 6.07) is 6.83. The summed E-state index contributed by atoms with van der Waals surface area (Å²) in [4.78, 5) is 0. The van der Waals surface area contributed by atoms with E-state index in [1.165, 1.54) is 24.0 Å². The standard InChI is InChI=1S/C15H25NO/c1-5-7-14(16-6-2)11-17-15-9-12(3)8-13(4)10-15/h8-10,14,16H,5-7,11H2,1-4H3. The Kier molecular flexibility index (Phi) is 6.06. The van der Waals surface area contributed by atoms with E-state index in [1.54, 1.807) is 0 Å². The molecule has 0 saturated heterocycles. The monoisotopic (exact) mass is 235 g/mol. The highest BCUT2D eigenvalue weighted by atomic mass is 16.5. The van der Waals surface area contributed by atoms with Gasteiger partial charge >= 0.3 is 0 Å². The van der Waals surface area contributed by atoms with Crippen LogP contribution in [0.25, 0.3) is 0 Å². The molecule has 0 heterocycles. The van der Waals surface area contributed by atoms with Crippen molar-refractivity contribution in [2.45, 2.75) is 46.6 Å². The van der Waals surface area contributed by atoms with Crippen LogP contribution in [-0.2, 0) is 0 Å². The Morgan fingerprint density at radius 1 is 1.12 bits per heavy atom. The highest BCUT2D eigenvalue weighted by Gasteiger charge is 2.07. The Morgan fingerprint density at radius 2 is 1.76 bits per heavy atom. The Balaban J connectivity index is 2.52. The first-order valence-corrected chi connectivity index (χ1v) is 6.60. The van der Waals surface area contributed by atoms with Gasteiger partial charge < -0.3 is 10.1 Å². The lowest BCUT2D eigenvalue weighted by Gasteiger charge is -2.18. The second-order valence-corrected chi connectivity index (χ2v) is 4.68. The fraction of sp³-hybridized carbons (Fsp3) is 0.600. The van der Waals surface area contributed by atoms with E-state index in [4.69, 9.17) is 4.74 Å². The third-order valence-electron chi connectivity index (χ3n) is 2.78. The van der Waals surface area contributed by atoms with E-state index in [9.17, 15) is 0 Å². The lowest BCUT2D eigenvalue weighted by atomic mass is 10.1. The summed E-state index contributed by atoms with van der Waals surface area (Å²) in [7, 11) is 0. The molecule has 1 aromatic rings. The molecule has 1 rings (SSSR count). The van der Waals surface area contributed by atoms with Gasteiger partial charge in [0.15, 0.2) is 0 Å². The molecule has 0 aliphatic carbocycles. The van der Waals surface area contributed by atoms with Crippen LogP contribution >= 0.6 is 0 Å². The first-order chi connectivity index (χ1) is 8.15. The predicted molar refractivity (Wildman–Crippen MR) is 73.8 cm³/mol. The van der Waals surface area contributed by atoms with Gasteiger partial charge in [-0.1, -0.05) is 26.3 Å². The highest BCUT2D eigenvalue weighted by Crippen LogP contribution is 2.16. The second-order valence-electron chi connectivity index (χ2n) is 4.68. The van der Waals surface area contributed by atoms with Gasteiger partial charge in [0.05, 0.1) is 0 Å². The van der Waals surface area contributed by atoms with Crippen molar-refractivity contribution in [3.63, 3.8) is 0 Å². The number of hydrogen-bond acceptors (Lipinski definition) is 2. The van der Waals surface area contributed by atoms with Gasteiger partial charge in [-0.3, -0.25) is 0 Å².